The van der Waals surface area contributed by atoms with Gasteiger partial charge in [-0.3, -0.25) is 10.1 Å². The van der Waals surface area contributed by atoms with E-state index in [0.717, 1.165) is 5.56 Å². The standard InChI is InChI=1S/C15H11N3O4S/c19-14(17-15-16-3-6-23-15)10-8-12(22-18-10)9-1-2-11-13(7-9)21-5-4-20-11/h1-3,6-8H,4-5H2,(H,16,17,19). The van der Waals surface area contributed by atoms with E-state index in [1.54, 1.807) is 23.7 Å². The quantitative estimate of drug-likeness (QED) is 0.795. The number of anilines is 1. The predicted octanol–water partition coefficient (Wildman–Crippen LogP) is 2.82. The molecule has 0 bridgehead atoms. The minimum Gasteiger partial charge on any atom is -0.486 e. The summed E-state index contributed by atoms with van der Waals surface area (Å²) in [6.45, 7) is 1.05. The Kier molecular flexibility index (Phi) is 3.43. The third kappa shape index (κ3) is 2.76. The first-order valence-electron chi connectivity index (χ1n) is 6.87. The maximum Gasteiger partial charge on any atom is 0.279 e. The van der Waals surface area contributed by atoms with Crippen LogP contribution in [0, 0.1) is 0 Å². The molecular formula is C15H11N3O4S. The molecule has 3 aromatic rings. The van der Waals surface area contributed by atoms with E-state index >= 15 is 0 Å². The molecule has 1 amide bonds. The molecule has 8 heteroatoms. The Balaban J connectivity index is 1.56. The molecule has 4 rings (SSSR count). The fourth-order valence-electron chi connectivity index (χ4n) is 2.16. The Morgan fingerprint density at radius 3 is 2.87 bits per heavy atom. The Labute approximate surface area is 134 Å². The van der Waals surface area contributed by atoms with Crippen LogP contribution < -0.4 is 14.8 Å². The van der Waals surface area contributed by atoms with E-state index in [0.29, 0.717) is 35.6 Å². The normalized spacial score (nSPS) is 12.9. The molecule has 0 atom stereocenters. The highest BCUT2D eigenvalue weighted by molar-refractivity contribution is 7.13. The summed E-state index contributed by atoms with van der Waals surface area (Å²) in [6, 6.07) is 7.02. The molecular weight excluding hydrogens is 318 g/mol. The number of benzene rings is 1. The van der Waals surface area contributed by atoms with Crippen LogP contribution in [0.3, 0.4) is 0 Å². The Hall–Kier alpha value is -2.87. The number of fused-ring (bicyclic) bond motifs is 1. The summed E-state index contributed by atoms with van der Waals surface area (Å²) < 4.78 is 16.3. The van der Waals surface area contributed by atoms with Crippen LogP contribution in [-0.4, -0.2) is 29.3 Å². The molecule has 0 aliphatic carbocycles. The van der Waals surface area contributed by atoms with Gasteiger partial charge < -0.3 is 14.0 Å². The number of aromatic nitrogens is 2. The molecule has 1 aliphatic rings. The molecule has 1 N–H and O–H groups in total. The van der Waals surface area contributed by atoms with Gasteiger partial charge in [-0.05, 0) is 18.2 Å². The number of hydrogen-bond acceptors (Lipinski definition) is 7. The zero-order chi connectivity index (χ0) is 15.6. The summed E-state index contributed by atoms with van der Waals surface area (Å²) >= 11 is 1.33. The van der Waals surface area contributed by atoms with E-state index in [9.17, 15) is 4.79 Å². The van der Waals surface area contributed by atoms with Gasteiger partial charge >= 0.3 is 0 Å². The topological polar surface area (TPSA) is 86.5 Å². The number of hydrogen-bond donors (Lipinski definition) is 1. The fourth-order valence-corrected chi connectivity index (χ4v) is 2.69. The molecule has 0 radical (unpaired) electrons. The smallest absolute Gasteiger partial charge is 0.279 e. The lowest BCUT2D eigenvalue weighted by molar-refractivity contribution is 0.101. The second-order valence-electron chi connectivity index (χ2n) is 4.73. The van der Waals surface area contributed by atoms with Crippen LogP contribution in [0.25, 0.3) is 11.3 Å². The van der Waals surface area contributed by atoms with Gasteiger partial charge in [-0.25, -0.2) is 4.98 Å². The maximum atomic E-state index is 12.1. The molecule has 2 aromatic heterocycles. The van der Waals surface area contributed by atoms with Crippen LogP contribution in [0.5, 0.6) is 11.5 Å². The Bertz CT molecular complexity index is 844. The number of nitrogens with one attached hydrogen (secondary N) is 1. The van der Waals surface area contributed by atoms with Crippen molar-refractivity contribution >= 4 is 22.4 Å². The van der Waals surface area contributed by atoms with Crippen molar-refractivity contribution in [1.29, 1.82) is 0 Å². The first kappa shape index (κ1) is 13.8. The molecule has 0 saturated carbocycles. The van der Waals surface area contributed by atoms with Crippen molar-refractivity contribution in [1.82, 2.24) is 10.1 Å². The molecule has 0 saturated heterocycles. The first-order chi connectivity index (χ1) is 11.3. The third-order valence-corrected chi connectivity index (χ3v) is 3.91. The largest absolute Gasteiger partial charge is 0.486 e. The SMILES string of the molecule is O=C(Nc1nccs1)c1cc(-c2ccc3c(c2)OCCO3)on1. The molecule has 3 heterocycles. The number of ether oxygens (including phenoxy) is 2. The maximum absolute atomic E-state index is 12.1. The lowest BCUT2D eigenvalue weighted by Crippen LogP contribution is -2.15. The lowest BCUT2D eigenvalue weighted by Gasteiger charge is -2.18. The summed E-state index contributed by atoms with van der Waals surface area (Å²) in [4.78, 5) is 16.1. The van der Waals surface area contributed by atoms with E-state index in [1.165, 1.54) is 11.3 Å². The van der Waals surface area contributed by atoms with Crippen molar-refractivity contribution in [3.8, 4) is 22.8 Å². The fraction of sp³-hybridized carbons (Fsp3) is 0.133. The summed E-state index contributed by atoms with van der Waals surface area (Å²) in [5.74, 6) is 1.46. The number of amides is 1. The monoisotopic (exact) mass is 329 g/mol. The van der Waals surface area contributed by atoms with E-state index in [2.05, 4.69) is 15.5 Å². The Morgan fingerprint density at radius 1 is 1.17 bits per heavy atom. The van der Waals surface area contributed by atoms with Crippen molar-refractivity contribution in [3.05, 3.63) is 41.5 Å². The average molecular weight is 329 g/mol. The van der Waals surface area contributed by atoms with Crippen LogP contribution in [0.4, 0.5) is 5.13 Å². The molecule has 1 aromatic carbocycles. The number of nitrogens with zero attached hydrogens (tertiary/aromatic N) is 2. The van der Waals surface area contributed by atoms with Gasteiger partial charge in [0.25, 0.3) is 5.91 Å². The van der Waals surface area contributed by atoms with Crippen molar-refractivity contribution in [3.63, 3.8) is 0 Å². The highest BCUT2D eigenvalue weighted by atomic mass is 32.1. The predicted molar refractivity (Wildman–Crippen MR) is 83.0 cm³/mol. The van der Waals surface area contributed by atoms with Crippen molar-refractivity contribution < 1.29 is 18.8 Å². The summed E-state index contributed by atoms with van der Waals surface area (Å²) in [5, 5.41) is 8.75. The van der Waals surface area contributed by atoms with Crippen LogP contribution >= 0.6 is 11.3 Å². The van der Waals surface area contributed by atoms with Crippen LogP contribution in [0.2, 0.25) is 0 Å². The molecule has 7 nitrogen and oxygen atoms in total. The third-order valence-electron chi connectivity index (χ3n) is 3.22. The van der Waals surface area contributed by atoms with Gasteiger partial charge in [-0.15, -0.1) is 11.3 Å². The van der Waals surface area contributed by atoms with Gasteiger partial charge in [0.05, 0.1) is 0 Å². The van der Waals surface area contributed by atoms with Gasteiger partial charge in [-0.2, -0.15) is 0 Å². The summed E-state index contributed by atoms with van der Waals surface area (Å²) in [7, 11) is 0. The summed E-state index contributed by atoms with van der Waals surface area (Å²) in [6.07, 6.45) is 1.61. The highest BCUT2D eigenvalue weighted by Gasteiger charge is 2.17. The molecule has 0 unspecified atom stereocenters. The first-order valence-corrected chi connectivity index (χ1v) is 7.75. The molecule has 1 aliphatic heterocycles. The van der Waals surface area contributed by atoms with Crippen molar-refractivity contribution in [2.45, 2.75) is 0 Å². The van der Waals surface area contributed by atoms with Gasteiger partial charge in [-0.1, -0.05) is 5.16 Å². The van der Waals surface area contributed by atoms with Crippen molar-refractivity contribution in [2.24, 2.45) is 0 Å². The zero-order valence-corrected chi connectivity index (χ0v) is 12.6. The van der Waals surface area contributed by atoms with E-state index in [4.69, 9.17) is 14.0 Å². The number of rotatable bonds is 3. The molecule has 0 spiro atoms. The van der Waals surface area contributed by atoms with Gasteiger partial charge in [0.15, 0.2) is 28.1 Å². The van der Waals surface area contributed by atoms with Gasteiger partial charge in [0.2, 0.25) is 0 Å². The van der Waals surface area contributed by atoms with Gasteiger partial charge in [0, 0.05) is 23.2 Å². The van der Waals surface area contributed by atoms with E-state index < -0.39 is 0 Å². The average Bonchev–Trinajstić information content (AvgIpc) is 3.26. The van der Waals surface area contributed by atoms with Gasteiger partial charge in [0.1, 0.15) is 13.2 Å². The highest BCUT2D eigenvalue weighted by Crippen LogP contribution is 2.34. The minimum atomic E-state index is -0.368. The van der Waals surface area contributed by atoms with E-state index in [-0.39, 0.29) is 11.6 Å². The lowest BCUT2D eigenvalue weighted by atomic mass is 10.1. The Morgan fingerprint density at radius 2 is 2.04 bits per heavy atom. The van der Waals surface area contributed by atoms with Crippen LogP contribution in [0.15, 0.2) is 40.4 Å². The molecule has 116 valence electrons. The second-order valence-corrected chi connectivity index (χ2v) is 5.62. The molecule has 23 heavy (non-hydrogen) atoms. The zero-order valence-electron chi connectivity index (χ0n) is 11.8. The summed E-state index contributed by atoms with van der Waals surface area (Å²) in [5.41, 5.74) is 0.945. The van der Waals surface area contributed by atoms with E-state index in [1.807, 2.05) is 12.1 Å². The van der Waals surface area contributed by atoms with Crippen LogP contribution in [-0.2, 0) is 0 Å². The van der Waals surface area contributed by atoms with Crippen molar-refractivity contribution in [2.75, 3.05) is 18.5 Å². The number of carbonyl (C=O) groups is 1. The second kappa shape index (κ2) is 5.73. The van der Waals surface area contributed by atoms with Crippen LogP contribution in [0.1, 0.15) is 10.5 Å². The molecule has 0 fully saturated rings. The number of thiazole rings is 1. The minimum absolute atomic E-state index is 0.185. The number of carbonyl (C=O) groups excluding carboxylic acids is 1.